The quantitative estimate of drug-likeness (QED) is 0.863. The van der Waals surface area contributed by atoms with E-state index in [0.717, 1.165) is 18.4 Å². The molecular formula is C14H19N3O2. The number of phenolic OH excluding ortho intramolecular Hbond substituents is 1. The van der Waals surface area contributed by atoms with E-state index in [-0.39, 0.29) is 11.2 Å². The fraction of sp³-hybridized carbons (Fsp3) is 0.429. The van der Waals surface area contributed by atoms with E-state index in [9.17, 15) is 5.11 Å². The number of rotatable bonds is 5. The number of hydrogen-bond acceptors (Lipinski definition) is 5. The van der Waals surface area contributed by atoms with Crippen molar-refractivity contribution in [2.45, 2.75) is 32.1 Å². The first-order valence-corrected chi connectivity index (χ1v) is 6.49. The number of aromatic nitrogens is 2. The van der Waals surface area contributed by atoms with Gasteiger partial charge in [-0.15, -0.1) is 0 Å². The molecule has 0 saturated carbocycles. The molecule has 0 aliphatic carbocycles. The molecule has 5 heteroatoms. The van der Waals surface area contributed by atoms with Gasteiger partial charge in [0.1, 0.15) is 5.75 Å². The van der Waals surface area contributed by atoms with E-state index in [4.69, 9.17) is 10.3 Å². The summed E-state index contributed by atoms with van der Waals surface area (Å²) < 4.78 is 5.37. The molecule has 1 aromatic carbocycles. The van der Waals surface area contributed by atoms with Crippen molar-refractivity contribution in [3.8, 4) is 17.1 Å². The Morgan fingerprint density at radius 2 is 2.05 bits per heavy atom. The van der Waals surface area contributed by atoms with Crippen molar-refractivity contribution < 1.29 is 9.63 Å². The lowest BCUT2D eigenvalue weighted by Crippen LogP contribution is -2.34. The lowest BCUT2D eigenvalue weighted by Gasteiger charge is -2.24. The van der Waals surface area contributed by atoms with Gasteiger partial charge in [0.05, 0.1) is 5.41 Å². The van der Waals surface area contributed by atoms with Crippen molar-refractivity contribution in [2.75, 3.05) is 6.54 Å². The SMILES string of the molecule is CCC(CC)(CN)c1nc(-c2cccc(O)c2)no1. The maximum atomic E-state index is 9.47. The lowest BCUT2D eigenvalue weighted by molar-refractivity contribution is 0.267. The molecule has 102 valence electrons. The van der Waals surface area contributed by atoms with E-state index in [1.807, 2.05) is 6.07 Å². The van der Waals surface area contributed by atoms with Gasteiger partial charge in [-0.05, 0) is 25.0 Å². The van der Waals surface area contributed by atoms with Crippen LogP contribution in [0.25, 0.3) is 11.4 Å². The predicted molar refractivity (Wildman–Crippen MR) is 72.7 cm³/mol. The molecule has 0 unspecified atom stereocenters. The summed E-state index contributed by atoms with van der Waals surface area (Å²) in [4.78, 5) is 4.44. The summed E-state index contributed by atoms with van der Waals surface area (Å²) in [5.41, 5.74) is 6.33. The van der Waals surface area contributed by atoms with E-state index in [1.54, 1.807) is 18.2 Å². The fourth-order valence-corrected chi connectivity index (χ4v) is 2.13. The molecule has 0 spiro atoms. The third kappa shape index (κ3) is 2.46. The summed E-state index contributed by atoms with van der Waals surface area (Å²) in [6.07, 6.45) is 1.70. The second-order valence-electron chi connectivity index (χ2n) is 4.67. The highest BCUT2D eigenvalue weighted by Crippen LogP contribution is 2.31. The standard InChI is InChI=1S/C14H19N3O2/c1-3-14(4-2,9-15)13-16-12(17-19-13)10-6-5-7-11(18)8-10/h5-8,18H,3-4,9,15H2,1-2H3. The van der Waals surface area contributed by atoms with Crippen LogP contribution in [0.5, 0.6) is 5.75 Å². The van der Waals surface area contributed by atoms with Crippen molar-refractivity contribution in [2.24, 2.45) is 5.73 Å². The topological polar surface area (TPSA) is 85.2 Å². The van der Waals surface area contributed by atoms with Gasteiger partial charge in [0, 0.05) is 12.1 Å². The number of nitrogens with zero attached hydrogens (tertiary/aromatic N) is 2. The Kier molecular flexibility index (Phi) is 3.85. The highest BCUT2D eigenvalue weighted by atomic mass is 16.5. The Labute approximate surface area is 112 Å². The molecule has 2 rings (SSSR count). The second kappa shape index (κ2) is 5.40. The van der Waals surface area contributed by atoms with E-state index in [0.29, 0.717) is 18.3 Å². The van der Waals surface area contributed by atoms with Crippen LogP contribution in [0.15, 0.2) is 28.8 Å². The molecule has 0 radical (unpaired) electrons. The average molecular weight is 261 g/mol. The maximum Gasteiger partial charge on any atom is 0.234 e. The van der Waals surface area contributed by atoms with Crippen molar-refractivity contribution in [3.05, 3.63) is 30.2 Å². The monoisotopic (exact) mass is 261 g/mol. The minimum absolute atomic E-state index is 0.180. The molecule has 1 heterocycles. The summed E-state index contributed by atoms with van der Waals surface area (Å²) in [6.45, 7) is 4.60. The van der Waals surface area contributed by atoms with Gasteiger partial charge in [-0.1, -0.05) is 31.1 Å². The van der Waals surface area contributed by atoms with Gasteiger partial charge in [0.15, 0.2) is 0 Å². The first-order chi connectivity index (χ1) is 9.15. The summed E-state index contributed by atoms with van der Waals surface area (Å²) in [6, 6.07) is 6.79. The molecule has 0 aliphatic heterocycles. The molecule has 0 bridgehead atoms. The maximum absolute atomic E-state index is 9.47. The first kappa shape index (κ1) is 13.5. The van der Waals surface area contributed by atoms with Crippen LogP contribution >= 0.6 is 0 Å². The predicted octanol–water partition coefficient (Wildman–Crippen LogP) is 2.46. The van der Waals surface area contributed by atoms with E-state index >= 15 is 0 Å². The molecule has 0 atom stereocenters. The number of nitrogens with two attached hydrogens (primary N) is 1. The molecule has 5 nitrogen and oxygen atoms in total. The van der Waals surface area contributed by atoms with Crippen LogP contribution in [-0.4, -0.2) is 21.8 Å². The van der Waals surface area contributed by atoms with Crippen LogP contribution in [-0.2, 0) is 5.41 Å². The third-order valence-corrected chi connectivity index (χ3v) is 3.73. The Hall–Kier alpha value is -1.88. The Balaban J connectivity index is 2.38. The normalized spacial score (nSPS) is 11.7. The molecule has 2 aromatic rings. The van der Waals surface area contributed by atoms with Gasteiger partial charge in [0.25, 0.3) is 0 Å². The van der Waals surface area contributed by atoms with E-state index < -0.39 is 0 Å². The number of hydrogen-bond donors (Lipinski definition) is 2. The smallest absolute Gasteiger partial charge is 0.234 e. The molecule has 0 fully saturated rings. The molecule has 0 aliphatic rings. The van der Waals surface area contributed by atoms with Gasteiger partial charge in [0.2, 0.25) is 11.7 Å². The molecule has 0 amide bonds. The Bertz CT molecular complexity index is 539. The fourth-order valence-electron chi connectivity index (χ4n) is 2.13. The molecular weight excluding hydrogens is 242 g/mol. The van der Waals surface area contributed by atoms with Gasteiger partial charge in [-0.3, -0.25) is 0 Å². The molecule has 0 saturated heterocycles. The zero-order valence-electron chi connectivity index (χ0n) is 11.3. The first-order valence-electron chi connectivity index (χ1n) is 6.49. The van der Waals surface area contributed by atoms with Crippen LogP contribution in [0.3, 0.4) is 0 Å². The van der Waals surface area contributed by atoms with Gasteiger partial charge >= 0.3 is 0 Å². The van der Waals surface area contributed by atoms with Crippen LogP contribution in [0.4, 0.5) is 0 Å². The van der Waals surface area contributed by atoms with Crippen LogP contribution < -0.4 is 5.73 Å². The minimum atomic E-state index is -0.262. The lowest BCUT2D eigenvalue weighted by atomic mass is 9.82. The summed E-state index contributed by atoms with van der Waals surface area (Å²) in [5.74, 6) is 1.23. The minimum Gasteiger partial charge on any atom is -0.508 e. The molecule has 3 N–H and O–H groups in total. The van der Waals surface area contributed by atoms with Gasteiger partial charge in [-0.25, -0.2) is 0 Å². The Morgan fingerprint density at radius 3 is 2.63 bits per heavy atom. The van der Waals surface area contributed by atoms with Crippen LogP contribution in [0, 0.1) is 0 Å². The van der Waals surface area contributed by atoms with Gasteiger partial charge < -0.3 is 15.4 Å². The number of aromatic hydroxyl groups is 1. The molecule has 1 aromatic heterocycles. The summed E-state index contributed by atoms with van der Waals surface area (Å²) in [7, 11) is 0. The van der Waals surface area contributed by atoms with Crippen LogP contribution in [0.1, 0.15) is 32.6 Å². The second-order valence-corrected chi connectivity index (χ2v) is 4.67. The Morgan fingerprint density at radius 1 is 1.32 bits per heavy atom. The van der Waals surface area contributed by atoms with Crippen molar-refractivity contribution >= 4 is 0 Å². The van der Waals surface area contributed by atoms with Crippen molar-refractivity contribution in [3.63, 3.8) is 0 Å². The largest absolute Gasteiger partial charge is 0.508 e. The van der Waals surface area contributed by atoms with Crippen molar-refractivity contribution in [1.82, 2.24) is 10.1 Å². The highest BCUT2D eigenvalue weighted by molar-refractivity contribution is 5.56. The number of phenols is 1. The van der Waals surface area contributed by atoms with Gasteiger partial charge in [-0.2, -0.15) is 4.98 Å². The highest BCUT2D eigenvalue weighted by Gasteiger charge is 2.33. The third-order valence-electron chi connectivity index (χ3n) is 3.73. The van der Waals surface area contributed by atoms with Crippen molar-refractivity contribution in [1.29, 1.82) is 0 Å². The summed E-state index contributed by atoms with van der Waals surface area (Å²) >= 11 is 0. The zero-order chi connectivity index (χ0) is 13.9. The molecule has 19 heavy (non-hydrogen) atoms. The van der Waals surface area contributed by atoms with E-state index in [1.165, 1.54) is 0 Å². The number of benzene rings is 1. The van der Waals surface area contributed by atoms with E-state index in [2.05, 4.69) is 24.0 Å². The average Bonchev–Trinajstić information content (AvgIpc) is 2.92. The zero-order valence-corrected chi connectivity index (χ0v) is 11.3. The summed E-state index contributed by atoms with van der Waals surface area (Å²) in [5, 5.41) is 13.5. The van der Waals surface area contributed by atoms with Crippen LogP contribution in [0.2, 0.25) is 0 Å².